The molecule has 0 radical (unpaired) electrons. The molecule has 2 N–H and O–H groups in total. The van der Waals surface area contributed by atoms with E-state index < -0.39 is 5.03 Å². The minimum Gasteiger partial charge on any atom is -0.469 e. The van der Waals surface area contributed by atoms with Crippen LogP contribution in [0.25, 0.3) is 0 Å². The van der Waals surface area contributed by atoms with Gasteiger partial charge in [0.15, 0.2) is 5.03 Å². The molecule has 2 heterocycles. The molecule has 0 aromatic carbocycles. The molecule has 22 heavy (non-hydrogen) atoms. The molecule has 0 spiro atoms. The van der Waals surface area contributed by atoms with E-state index in [1.165, 1.54) is 18.6 Å². The zero-order chi connectivity index (χ0) is 16.1. The highest BCUT2D eigenvalue weighted by Gasteiger charge is 2.35. The molecule has 0 amide bonds. The van der Waals surface area contributed by atoms with Gasteiger partial charge in [-0.05, 0) is 22.9 Å². The van der Waals surface area contributed by atoms with Crippen LogP contribution in [-0.2, 0) is 16.1 Å². The Labute approximate surface area is 127 Å². The lowest BCUT2D eigenvalue weighted by Gasteiger charge is -2.40. The number of methoxy groups -OCH3 is 1. The first-order valence-corrected chi connectivity index (χ1v) is 6.80. The minimum atomic E-state index is -0.661. The summed E-state index contributed by atoms with van der Waals surface area (Å²) in [7, 11) is 1.34. The van der Waals surface area contributed by atoms with Crippen molar-refractivity contribution in [1.29, 1.82) is 0 Å². The van der Waals surface area contributed by atoms with Crippen molar-refractivity contribution < 1.29 is 19.0 Å². The summed E-state index contributed by atoms with van der Waals surface area (Å²) in [5, 5.41) is 12.9. The Morgan fingerprint density at radius 3 is 3.09 bits per heavy atom. The molecule has 1 saturated heterocycles. The summed E-state index contributed by atoms with van der Waals surface area (Å²) in [5.41, 5.74) is 4.94. The highest BCUT2D eigenvalue weighted by molar-refractivity contribution is 5.72. The van der Waals surface area contributed by atoms with Crippen LogP contribution < -0.4 is 11.0 Å². The number of nitro groups is 1. The minimum absolute atomic E-state index is 0.0489. The van der Waals surface area contributed by atoms with Gasteiger partial charge in [0.05, 0.1) is 25.8 Å². The van der Waals surface area contributed by atoms with E-state index in [1.54, 1.807) is 24.1 Å². The fourth-order valence-electron chi connectivity index (χ4n) is 2.33. The first-order valence-electron chi connectivity index (χ1n) is 6.80. The van der Waals surface area contributed by atoms with E-state index in [0.29, 0.717) is 25.4 Å². The molecule has 1 aliphatic heterocycles. The molecule has 10 nitrogen and oxygen atoms in total. The molecule has 1 fully saturated rings. The quantitative estimate of drug-likeness (QED) is 0.423. The van der Waals surface area contributed by atoms with Gasteiger partial charge in [0.2, 0.25) is 0 Å². The number of carbonyl (C=O) groups is 1. The van der Waals surface area contributed by atoms with Crippen LogP contribution in [0.3, 0.4) is 0 Å². The van der Waals surface area contributed by atoms with Crippen LogP contribution in [0.5, 0.6) is 0 Å². The maximum atomic E-state index is 11.7. The number of ether oxygens (including phenoxy) is 1. The first kappa shape index (κ1) is 16.2. The number of rotatable bonds is 6. The van der Waals surface area contributed by atoms with Gasteiger partial charge in [0.1, 0.15) is 5.76 Å². The van der Waals surface area contributed by atoms with Gasteiger partial charge in [-0.1, -0.05) is 6.92 Å². The van der Waals surface area contributed by atoms with Crippen LogP contribution in [-0.4, -0.2) is 41.4 Å². The predicted molar refractivity (Wildman–Crippen MR) is 73.8 cm³/mol. The molecule has 10 heteroatoms. The summed E-state index contributed by atoms with van der Waals surface area (Å²) in [5.74, 6) is -0.0228. The van der Waals surface area contributed by atoms with E-state index in [4.69, 9.17) is 9.15 Å². The summed E-state index contributed by atoms with van der Waals surface area (Å²) >= 11 is 0. The van der Waals surface area contributed by atoms with E-state index in [0.717, 1.165) is 0 Å². The molecule has 2 rings (SSSR count). The molecule has 122 valence electrons. The molecular weight excluding hydrogens is 294 g/mol. The standard InChI is InChI=1S/C12H19N5O5/c1-9(12(18)21-2)10-6-13-16(14-17(19)20)15(7-10)8-11-4-3-5-22-11/h3-5,9-10,13-14H,6-8H2,1-2H3. The Morgan fingerprint density at radius 1 is 1.73 bits per heavy atom. The van der Waals surface area contributed by atoms with Crippen molar-refractivity contribution in [3.8, 4) is 0 Å². The molecule has 0 bridgehead atoms. The second kappa shape index (κ2) is 7.20. The van der Waals surface area contributed by atoms with Gasteiger partial charge < -0.3 is 9.15 Å². The third kappa shape index (κ3) is 3.93. The molecule has 0 aliphatic carbocycles. The van der Waals surface area contributed by atoms with Crippen molar-refractivity contribution in [2.45, 2.75) is 13.5 Å². The molecule has 2 unspecified atom stereocenters. The summed E-state index contributed by atoms with van der Waals surface area (Å²) in [4.78, 5) is 22.3. The van der Waals surface area contributed by atoms with Crippen LogP contribution in [0.2, 0.25) is 0 Å². The molecule has 1 aromatic heterocycles. The van der Waals surface area contributed by atoms with E-state index in [2.05, 4.69) is 11.0 Å². The van der Waals surface area contributed by atoms with Crippen LogP contribution >= 0.6 is 0 Å². The topological polar surface area (TPSA) is 113 Å². The van der Waals surface area contributed by atoms with Crippen LogP contribution in [0.15, 0.2) is 22.8 Å². The number of esters is 1. The number of nitrogens with one attached hydrogen (secondary N) is 2. The van der Waals surface area contributed by atoms with Gasteiger partial charge in [0, 0.05) is 19.0 Å². The van der Waals surface area contributed by atoms with Crippen molar-refractivity contribution in [3.05, 3.63) is 34.3 Å². The van der Waals surface area contributed by atoms with Gasteiger partial charge in [-0.15, -0.1) is 0 Å². The number of hydrogen-bond donors (Lipinski definition) is 2. The monoisotopic (exact) mass is 313 g/mol. The van der Waals surface area contributed by atoms with E-state index in [9.17, 15) is 14.9 Å². The van der Waals surface area contributed by atoms with Crippen LogP contribution in [0.4, 0.5) is 0 Å². The van der Waals surface area contributed by atoms with Crippen molar-refractivity contribution in [1.82, 2.24) is 21.2 Å². The summed E-state index contributed by atoms with van der Waals surface area (Å²) < 4.78 is 10.0. The second-order valence-electron chi connectivity index (χ2n) is 5.03. The third-order valence-corrected chi connectivity index (χ3v) is 3.61. The maximum absolute atomic E-state index is 11.7. The second-order valence-corrected chi connectivity index (χ2v) is 5.03. The maximum Gasteiger partial charge on any atom is 0.308 e. The average Bonchev–Trinajstić information content (AvgIpc) is 3.00. The lowest BCUT2D eigenvalue weighted by atomic mass is 9.93. The summed E-state index contributed by atoms with van der Waals surface area (Å²) in [6.07, 6.45) is 1.53. The van der Waals surface area contributed by atoms with Crippen LogP contribution in [0.1, 0.15) is 12.7 Å². The smallest absolute Gasteiger partial charge is 0.308 e. The Morgan fingerprint density at radius 2 is 2.50 bits per heavy atom. The predicted octanol–water partition coefficient (Wildman–Crippen LogP) is -0.0616. The van der Waals surface area contributed by atoms with Crippen molar-refractivity contribution in [3.63, 3.8) is 0 Å². The largest absolute Gasteiger partial charge is 0.469 e. The molecular formula is C12H19N5O5. The Hall–Kier alpha value is -2.17. The number of carbonyl (C=O) groups excluding carboxylic acids is 1. The fourth-order valence-corrected chi connectivity index (χ4v) is 2.33. The van der Waals surface area contributed by atoms with Crippen LogP contribution in [0, 0.1) is 22.0 Å². The number of furan rings is 1. The molecule has 1 aliphatic rings. The zero-order valence-electron chi connectivity index (χ0n) is 12.4. The SMILES string of the molecule is COC(=O)C(C)C1CNN(N[N+](=O)[O-])N(Cc2ccco2)C1. The van der Waals surface area contributed by atoms with Gasteiger partial charge in [-0.2, -0.15) is 5.01 Å². The molecule has 2 atom stereocenters. The lowest BCUT2D eigenvalue weighted by Crippen LogP contribution is -2.66. The van der Waals surface area contributed by atoms with E-state index in [1.807, 2.05) is 0 Å². The van der Waals surface area contributed by atoms with Gasteiger partial charge in [-0.3, -0.25) is 4.79 Å². The average molecular weight is 313 g/mol. The van der Waals surface area contributed by atoms with E-state index in [-0.39, 0.29) is 17.8 Å². The zero-order valence-corrected chi connectivity index (χ0v) is 12.4. The number of hydrazine groups is 4. The normalized spacial score (nSPS) is 21.3. The number of hydrogen-bond acceptors (Lipinski definition) is 8. The van der Waals surface area contributed by atoms with Gasteiger partial charge >= 0.3 is 5.97 Å². The first-order chi connectivity index (χ1) is 10.5. The highest BCUT2D eigenvalue weighted by atomic mass is 16.7. The Balaban J connectivity index is 2.06. The highest BCUT2D eigenvalue weighted by Crippen LogP contribution is 2.20. The molecule has 0 saturated carbocycles. The van der Waals surface area contributed by atoms with E-state index >= 15 is 0 Å². The summed E-state index contributed by atoms with van der Waals surface area (Å²) in [6, 6.07) is 3.52. The van der Waals surface area contributed by atoms with Crippen molar-refractivity contribution in [2.75, 3.05) is 20.2 Å². The third-order valence-electron chi connectivity index (χ3n) is 3.61. The summed E-state index contributed by atoms with van der Waals surface area (Å²) in [6.45, 7) is 2.95. The van der Waals surface area contributed by atoms with Crippen molar-refractivity contribution >= 4 is 5.97 Å². The Kier molecular flexibility index (Phi) is 5.31. The number of nitrogens with zero attached hydrogens (tertiary/aromatic N) is 3. The molecule has 1 aromatic rings. The van der Waals surface area contributed by atoms with Gasteiger partial charge in [0.25, 0.3) is 0 Å². The Bertz CT molecular complexity index is 508. The van der Waals surface area contributed by atoms with Crippen molar-refractivity contribution in [2.24, 2.45) is 11.8 Å². The lowest BCUT2D eigenvalue weighted by molar-refractivity contribution is -0.599. The van der Waals surface area contributed by atoms with Gasteiger partial charge in [-0.25, -0.2) is 15.5 Å². The fraction of sp³-hybridized carbons (Fsp3) is 0.583.